The number of hydrogen-bond donors (Lipinski definition) is 2. The lowest BCUT2D eigenvalue weighted by molar-refractivity contribution is -0.131. The molecule has 0 saturated heterocycles. The first-order valence-electron chi connectivity index (χ1n) is 7.45. The Kier molecular flexibility index (Phi) is 5.33. The molecular formula is C17H23N3O2. The highest BCUT2D eigenvalue weighted by Gasteiger charge is 2.16. The lowest BCUT2D eigenvalue weighted by Crippen LogP contribution is -2.34. The van der Waals surface area contributed by atoms with Crippen molar-refractivity contribution in [3.8, 4) is 0 Å². The van der Waals surface area contributed by atoms with Crippen molar-refractivity contribution in [2.24, 2.45) is 0 Å². The van der Waals surface area contributed by atoms with Gasteiger partial charge in [-0.1, -0.05) is 23.8 Å². The van der Waals surface area contributed by atoms with Crippen molar-refractivity contribution >= 4 is 5.91 Å². The first-order valence-corrected chi connectivity index (χ1v) is 7.45. The quantitative estimate of drug-likeness (QED) is 0.856. The molecule has 0 radical (unpaired) electrons. The van der Waals surface area contributed by atoms with E-state index in [0.29, 0.717) is 19.5 Å². The number of imidazole rings is 1. The van der Waals surface area contributed by atoms with Crippen LogP contribution in [0.25, 0.3) is 0 Å². The first-order chi connectivity index (χ1) is 10.5. The number of carbonyl (C=O) groups is 1. The van der Waals surface area contributed by atoms with Crippen molar-refractivity contribution in [2.75, 3.05) is 13.2 Å². The fourth-order valence-electron chi connectivity index (χ4n) is 2.44. The van der Waals surface area contributed by atoms with Crippen LogP contribution in [0.2, 0.25) is 0 Å². The molecule has 22 heavy (non-hydrogen) atoms. The second-order valence-corrected chi connectivity index (χ2v) is 5.64. The van der Waals surface area contributed by atoms with E-state index >= 15 is 0 Å². The van der Waals surface area contributed by atoms with Crippen LogP contribution in [-0.4, -0.2) is 39.0 Å². The van der Waals surface area contributed by atoms with Crippen molar-refractivity contribution in [1.29, 1.82) is 0 Å². The summed E-state index contributed by atoms with van der Waals surface area (Å²) in [5, 5.41) is 9.21. The van der Waals surface area contributed by atoms with E-state index in [1.54, 1.807) is 11.1 Å². The summed E-state index contributed by atoms with van der Waals surface area (Å²) < 4.78 is 0. The third-order valence-electron chi connectivity index (χ3n) is 3.69. The number of nitrogens with zero attached hydrogens (tertiary/aromatic N) is 2. The largest absolute Gasteiger partial charge is 0.395 e. The van der Waals surface area contributed by atoms with Gasteiger partial charge in [0.15, 0.2) is 0 Å². The number of carbonyl (C=O) groups excluding carboxylic acids is 1. The summed E-state index contributed by atoms with van der Waals surface area (Å²) in [7, 11) is 0. The predicted molar refractivity (Wildman–Crippen MR) is 85.4 cm³/mol. The van der Waals surface area contributed by atoms with Crippen molar-refractivity contribution in [3.63, 3.8) is 0 Å². The molecule has 0 aliphatic carbocycles. The van der Waals surface area contributed by atoms with Gasteiger partial charge < -0.3 is 15.0 Å². The summed E-state index contributed by atoms with van der Waals surface area (Å²) in [6.45, 7) is 6.61. The van der Waals surface area contributed by atoms with Gasteiger partial charge in [0.05, 0.1) is 31.5 Å². The van der Waals surface area contributed by atoms with Crippen LogP contribution in [0.15, 0.2) is 24.4 Å². The minimum atomic E-state index is -0.0499. The van der Waals surface area contributed by atoms with Gasteiger partial charge in [-0.3, -0.25) is 4.79 Å². The molecule has 2 N–H and O–H groups in total. The molecule has 0 bridgehead atoms. The van der Waals surface area contributed by atoms with Crippen LogP contribution in [0.4, 0.5) is 0 Å². The molecule has 0 saturated carbocycles. The maximum Gasteiger partial charge on any atom is 0.227 e. The number of hydrogen-bond acceptors (Lipinski definition) is 3. The predicted octanol–water partition coefficient (Wildman–Crippen LogP) is 1.90. The molecule has 0 unspecified atom stereocenters. The van der Waals surface area contributed by atoms with Crippen LogP contribution in [0.1, 0.15) is 28.2 Å². The van der Waals surface area contributed by atoms with Crippen LogP contribution in [0, 0.1) is 20.8 Å². The van der Waals surface area contributed by atoms with Crippen LogP contribution in [0.3, 0.4) is 0 Å². The summed E-state index contributed by atoms with van der Waals surface area (Å²) in [5.74, 6) is 0.830. The number of aromatic amines is 1. The van der Waals surface area contributed by atoms with Crippen LogP contribution in [-0.2, 0) is 17.8 Å². The fourth-order valence-corrected chi connectivity index (χ4v) is 2.44. The molecule has 0 spiro atoms. The zero-order valence-electron chi connectivity index (χ0n) is 13.4. The molecule has 2 aromatic rings. The number of nitrogens with one attached hydrogen (secondary N) is 1. The third-order valence-corrected chi connectivity index (χ3v) is 3.69. The average Bonchev–Trinajstić information content (AvgIpc) is 2.88. The molecule has 1 heterocycles. The molecule has 1 aromatic carbocycles. The molecule has 118 valence electrons. The Labute approximate surface area is 131 Å². The van der Waals surface area contributed by atoms with E-state index in [2.05, 4.69) is 9.97 Å². The maximum absolute atomic E-state index is 12.6. The smallest absolute Gasteiger partial charge is 0.227 e. The number of aliphatic hydroxyl groups excluding tert-OH is 1. The van der Waals surface area contributed by atoms with Gasteiger partial charge in [0.1, 0.15) is 5.82 Å². The standard InChI is InChI=1S/C17H23N3O2/c1-12-4-5-13(2)15(8-12)9-17(22)20(6-7-21)11-16-10-18-14(3)19-16/h4-5,8,10,21H,6-7,9,11H2,1-3H3,(H,18,19). The van der Waals surface area contributed by atoms with Crippen molar-refractivity contribution in [1.82, 2.24) is 14.9 Å². The van der Waals surface area contributed by atoms with E-state index in [9.17, 15) is 9.90 Å². The fraction of sp³-hybridized carbons (Fsp3) is 0.412. The topological polar surface area (TPSA) is 69.2 Å². The number of aliphatic hydroxyl groups is 1. The second-order valence-electron chi connectivity index (χ2n) is 5.64. The Balaban J connectivity index is 2.10. The summed E-state index contributed by atoms with van der Waals surface area (Å²) in [6, 6.07) is 6.12. The average molecular weight is 301 g/mol. The Bertz CT molecular complexity index is 649. The van der Waals surface area contributed by atoms with Crippen LogP contribution < -0.4 is 0 Å². The van der Waals surface area contributed by atoms with E-state index in [1.807, 2.05) is 39.0 Å². The zero-order valence-corrected chi connectivity index (χ0v) is 13.4. The van der Waals surface area contributed by atoms with Crippen molar-refractivity contribution in [3.05, 3.63) is 52.6 Å². The summed E-state index contributed by atoms with van der Waals surface area (Å²) in [4.78, 5) is 21.5. The highest BCUT2D eigenvalue weighted by Crippen LogP contribution is 2.13. The third kappa shape index (κ3) is 4.18. The highest BCUT2D eigenvalue weighted by atomic mass is 16.3. The van der Waals surface area contributed by atoms with Gasteiger partial charge in [-0.25, -0.2) is 4.98 Å². The molecule has 0 atom stereocenters. The monoisotopic (exact) mass is 301 g/mol. The first kappa shape index (κ1) is 16.2. The number of amides is 1. The lowest BCUT2D eigenvalue weighted by Gasteiger charge is -2.21. The van der Waals surface area contributed by atoms with Gasteiger partial charge >= 0.3 is 0 Å². The molecule has 2 rings (SSSR count). The van der Waals surface area contributed by atoms with Gasteiger partial charge in [0.25, 0.3) is 0 Å². The number of aryl methyl sites for hydroxylation is 3. The van der Waals surface area contributed by atoms with Gasteiger partial charge in [0, 0.05) is 6.54 Å². The Morgan fingerprint density at radius 1 is 1.32 bits per heavy atom. The molecule has 0 fully saturated rings. The minimum absolute atomic E-state index is 0.00926. The van der Waals surface area contributed by atoms with Gasteiger partial charge in [-0.2, -0.15) is 0 Å². The Morgan fingerprint density at radius 3 is 2.73 bits per heavy atom. The highest BCUT2D eigenvalue weighted by molar-refractivity contribution is 5.79. The molecule has 1 amide bonds. The normalized spacial score (nSPS) is 10.7. The molecule has 1 aromatic heterocycles. The SMILES string of the molecule is Cc1ccc(C)c(CC(=O)N(CCO)Cc2cnc(C)[nH]2)c1. The van der Waals surface area contributed by atoms with Gasteiger partial charge in [-0.15, -0.1) is 0 Å². The molecule has 0 aliphatic heterocycles. The van der Waals surface area contributed by atoms with E-state index in [1.165, 1.54) is 0 Å². The van der Waals surface area contributed by atoms with Crippen molar-refractivity contribution < 1.29 is 9.90 Å². The molecule has 0 aliphatic rings. The summed E-state index contributed by atoms with van der Waals surface area (Å²) >= 11 is 0. The number of rotatable bonds is 6. The van der Waals surface area contributed by atoms with E-state index in [0.717, 1.165) is 28.2 Å². The summed E-state index contributed by atoms with van der Waals surface area (Å²) in [6.07, 6.45) is 2.07. The number of H-pyrrole nitrogens is 1. The minimum Gasteiger partial charge on any atom is -0.395 e. The van der Waals surface area contributed by atoms with Crippen molar-refractivity contribution in [2.45, 2.75) is 33.7 Å². The van der Waals surface area contributed by atoms with E-state index < -0.39 is 0 Å². The maximum atomic E-state index is 12.6. The zero-order chi connectivity index (χ0) is 16.1. The van der Waals surface area contributed by atoms with Crippen LogP contribution in [0.5, 0.6) is 0 Å². The van der Waals surface area contributed by atoms with E-state index in [-0.39, 0.29) is 12.5 Å². The number of aromatic nitrogens is 2. The summed E-state index contributed by atoms with van der Waals surface area (Å²) in [5.41, 5.74) is 4.17. The lowest BCUT2D eigenvalue weighted by atomic mass is 10.0. The van der Waals surface area contributed by atoms with Crippen LogP contribution >= 0.6 is 0 Å². The second kappa shape index (κ2) is 7.22. The Hall–Kier alpha value is -2.14. The Morgan fingerprint density at radius 2 is 2.09 bits per heavy atom. The number of benzene rings is 1. The molecular weight excluding hydrogens is 278 g/mol. The van der Waals surface area contributed by atoms with Gasteiger partial charge in [-0.05, 0) is 31.9 Å². The molecule has 5 nitrogen and oxygen atoms in total. The van der Waals surface area contributed by atoms with E-state index in [4.69, 9.17) is 0 Å². The van der Waals surface area contributed by atoms with Gasteiger partial charge in [0.2, 0.25) is 5.91 Å². The molecule has 5 heteroatoms.